The van der Waals surface area contributed by atoms with E-state index in [-0.39, 0.29) is 11.9 Å². The van der Waals surface area contributed by atoms with Gasteiger partial charge in [-0.1, -0.05) is 18.2 Å². The number of benzene rings is 1. The maximum absolute atomic E-state index is 12.9. The number of nitrogens with zero attached hydrogens (tertiary/aromatic N) is 5. The van der Waals surface area contributed by atoms with Crippen LogP contribution in [0.2, 0.25) is 0 Å². The third-order valence-electron chi connectivity index (χ3n) is 6.81. The number of hydrogen-bond acceptors (Lipinski definition) is 5. The Kier molecular flexibility index (Phi) is 4.91. The number of urea groups is 1. The number of ether oxygens (including phenoxy) is 1. The molecule has 170 valence electrons. The third-order valence-corrected chi connectivity index (χ3v) is 6.81. The number of H-pyrrole nitrogens is 1. The number of amides is 2. The highest BCUT2D eigenvalue weighted by atomic mass is 16.5. The summed E-state index contributed by atoms with van der Waals surface area (Å²) in [7, 11) is 0. The van der Waals surface area contributed by atoms with Gasteiger partial charge in [0.1, 0.15) is 22.9 Å². The zero-order chi connectivity index (χ0) is 22.4. The van der Waals surface area contributed by atoms with Crippen LogP contribution in [0.15, 0.2) is 42.7 Å². The van der Waals surface area contributed by atoms with E-state index in [1.54, 1.807) is 6.20 Å². The number of aromatic amines is 1. The van der Waals surface area contributed by atoms with Crippen molar-refractivity contribution in [1.29, 1.82) is 0 Å². The minimum absolute atomic E-state index is 0.122. The summed E-state index contributed by atoms with van der Waals surface area (Å²) in [5.41, 5.74) is 9.96. The van der Waals surface area contributed by atoms with Gasteiger partial charge in [-0.15, -0.1) is 0 Å². The normalized spacial score (nSPS) is 17.8. The van der Waals surface area contributed by atoms with E-state index in [1.807, 2.05) is 28.1 Å². The molecule has 0 saturated carbocycles. The summed E-state index contributed by atoms with van der Waals surface area (Å²) in [5.74, 6) is 1.68. The number of nitrogens with one attached hydrogen (secondary N) is 1. The van der Waals surface area contributed by atoms with Gasteiger partial charge in [-0.3, -0.25) is 4.40 Å². The van der Waals surface area contributed by atoms with Crippen LogP contribution in [-0.4, -0.2) is 74.6 Å². The fourth-order valence-electron chi connectivity index (χ4n) is 5.05. The summed E-state index contributed by atoms with van der Waals surface area (Å²) >= 11 is 0. The summed E-state index contributed by atoms with van der Waals surface area (Å²) in [6, 6.07) is 10.4. The number of morpholine rings is 1. The summed E-state index contributed by atoms with van der Waals surface area (Å²) in [6.07, 6.45) is 5.39. The van der Waals surface area contributed by atoms with Crippen LogP contribution >= 0.6 is 0 Å². The zero-order valence-corrected chi connectivity index (χ0v) is 18.4. The van der Waals surface area contributed by atoms with Crippen molar-refractivity contribution in [2.75, 3.05) is 45.1 Å². The predicted octanol–water partition coefficient (Wildman–Crippen LogP) is 3.09. The minimum atomic E-state index is 0.122. The Morgan fingerprint density at radius 3 is 2.64 bits per heavy atom. The number of rotatable bonds is 2. The van der Waals surface area contributed by atoms with E-state index in [0.29, 0.717) is 32.1 Å². The van der Waals surface area contributed by atoms with Crippen molar-refractivity contribution in [2.45, 2.75) is 18.8 Å². The number of hydrogen-bond donors (Lipinski definition) is 2. The molecule has 0 spiro atoms. The standard InChI is InChI=1S/C24H27N7O2/c25-22-21-20(19-15-17-3-1-2-4-18(17)27-19)28-23(31(21)10-7-26-22)16-5-8-29(9-6-16)24(32)30-11-13-33-14-12-30/h1-4,7,10,15-16,27H,5-6,8-9,11-14H2,(H2,25,26). The molecule has 3 aromatic heterocycles. The number of aromatic nitrogens is 4. The van der Waals surface area contributed by atoms with E-state index in [1.165, 1.54) is 0 Å². The van der Waals surface area contributed by atoms with Gasteiger partial charge in [0.05, 0.1) is 18.9 Å². The summed E-state index contributed by atoms with van der Waals surface area (Å²) < 4.78 is 7.46. The summed E-state index contributed by atoms with van der Waals surface area (Å²) in [4.78, 5) is 29.6. The lowest BCUT2D eigenvalue weighted by atomic mass is 9.96. The Morgan fingerprint density at radius 2 is 1.85 bits per heavy atom. The second-order valence-electron chi connectivity index (χ2n) is 8.76. The average Bonchev–Trinajstić information content (AvgIpc) is 3.47. The van der Waals surface area contributed by atoms with Gasteiger partial charge in [-0.2, -0.15) is 0 Å². The van der Waals surface area contributed by atoms with E-state index in [4.69, 9.17) is 15.5 Å². The molecule has 2 amide bonds. The molecule has 0 atom stereocenters. The molecule has 2 saturated heterocycles. The van der Waals surface area contributed by atoms with Crippen molar-refractivity contribution >= 4 is 28.3 Å². The van der Waals surface area contributed by atoms with Crippen LogP contribution in [0.4, 0.5) is 10.6 Å². The smallest absolute Gasteiger partial charge is 0.320 e. The molecule has 9 heteroatoms. The average molecular weight is 446 g/mol. The molecule has 2 aliphatic rings. The lowest BCUT2D eigenvalue weighted by molar-refractivity contribution is 0.0410. The largest absolute Gasteiger partial charge is 0.382 e. The van der Waals surface area contributed by atoms with Crippen LogP contribution in [0.25, 0.3) is 27.8 Å². The van der Waals surface area contributed by atoms with Gasteiger partial charge in [0.25, 0.3) is 0 Å². The number of anilines is 1. The molecule has 5 heterocycles. The first-order valence-corrected chi connectivity index (χ1v) is 11.5. The van der Waals surface area contributed by atoms with Crippen LogP contribution in [0.3, 0.4) is 0 Å². The van der Waals surface area contributed by atoms with Crippen molar-refractivity contribution in [3.63, 3.8) is 0 Å². The van der Waals surface area contributed by atoms with Crippen LogP contribution in [0.1, 0.15) is 24.6 Å². The first-order chi connectivity index (χ1) is 16.2. The molecule has 0 aliphatic carbocycles. The maximum atomic E-state index is 12.9. The lowest BCUT2D eigenvalue weighted by Gasteiger charge is -2.36. The number of likely N-dealkylation sites (tertiary alicyclic amines) is 1. The van der Waals surface area contributed by atoms with E-state index < -0.39 is 0 Å². The van der Waals surface area contributed by atoms with Crippen molar-refractivity contribution in [1.82, 2.24) is 29.2 Å². The monoisotopic (exact) mass is 445 g/mol. The number of fused-ring (bicyclic) bond motifs is 2. The molecule has 2 fully saturated rings. The molecular weight excluding hydrogens is 418 g/mol. The fraction of sp³-hybridized carbons (Fsp3) is 0.375. The molecule has 33 heavy (non-hydrogen) atoms. The fourth-order valence-corrected chi connectivity index (χ4v) is 5.05. The number of para-hydroxylation sites is 1. The Morgan fingerprint density at radius 1 is 1.09 bits per heavy atom. The van der Waals surface area contributed by atoms with Crippen molar-refractivity contribution in [3.8, 4) is 11.4 Å². The molecule has 0 unspecified atom stereocenters. The molecule has 0 bridgehead atoms. The maximum Gasteiger partial charge on any atom is 0.320 e. The highest BCUT2D eigenvalue weighted by Gasteiger charge is 2.31. The summed E-state index contributed by atoms with van der Waals surface area (Å²) in [6.45, 7) is 4.02. The molecular formula is C24H27N7O2. The molecule has 4 aromatic rings. The van der Waals surface area contributed by atoms with E-state index in [0.717, 1.165) is 59.6 Å². The Hall–Kier alpha value is -3.59. The molecule has 1 aromatic carbocycles. The quantitative estimate of drug-likeness (QED) is 0.493. The van der Waals surface area contributed by atoms with Crippen LogP contribution in [0, 0.1) is 0 Å². The molecule has 9 nitrogen and oxygen atoms in total. The van der Waals surface area contributed by atoms with Crippen LogP contribution < -0.4 is 5.73 Å². The predicted molar refractivity (Wildman–Crippen MR) is 126 cm³/mol. The van der Waals surface area contributed by atoms with Gasteiger partial charge in [0.15, 0.2) is 0 Å². The lowest BCUT2D eigenvalue weighted by Crippen LogP contribution is -2.50. The topological polar surface area (TPSA) is 105 Å². The summed E-state index contributed by atoms with van der Waals surface area (Å²) in [5, 5.41) is 1.13. The van der Waals surface area contributed by atoms with Crippen molar-refractivity contribution in [2.24, 2.45) is 0 Å². The first kappa shape index (κ1) is 20.0. The Balaban J connectivity index is 1.30. The minimum Gasteiger partial charge on any atom is -0.382 e. The van der Waals surface area contributed by atoms with E-state index >= 15 is 0 Å². The van der Waals surface area contributed by atoms with Crippen LogP contribution in [0.5, 0.6) is 0 Å². The number of nitrogen functional groups attached to an aromatic ring is 1. The van der Waals surface area contributed by atoms with Gasteiger partial charge in [-0.25, -0.2) is 14.8 Å². The number of carbonyl (C=O) groups is 1. The number of nitrogens with two attached hydrogens (primary N) is 1. The van der Waals surface area contributed by atoms with Gasteiger partial charge >= 0.3 is 6.03 Å². The molecule has 2 aliphatic heterocycles. The molecule has 6 rings (SSSR count). The zero-order valence-electron chi connectivity index (χ0n) is 18.4. The highest BCUT2D eigenvalue weighted by Crippen LogP contribution is 2.35. The number of piperidine rings is 1. The number of imidazole rings is 1. The first-order valence-electron chi connectivity index (χ1n) is 11.5. The van der Waals surface area contributed by atoms with Crippen molar-refractivity contribution in [3.05, 3.63) is 48.5 Å². The van der Waals surface area contributed by atoms with Gasteiger partial charge in [-0.05, 0) is 25.0 Å². The third kappa shape index (κ3) is 3.48. The second-order valence-corrected chi connectivity index (χ2v) is 8.76. The highest BCUT2D eigenvalue weighted by molar-refractivity contribution is 5.91. The SMILES string of the molecule is Nc1nccn2c(C3CCN(C(=O)N4CCOCC4)CC3)nc(-c3cc4ccccc4[nH]3)c12. The second kappa shape index (κ2) is 8.08. The number of carbonyl (C=O) groups excluding carboxylic acids is 1. The molecule has 3 N–H and O–H groups in total. The van der Waals surface area contributed by atoms with E-state index in [9.17, 15) is 4.79 Å². The van der Waals surface area contributed by atoms with E-state index in [2.05, 4.69) is 32.6 Å². The van der Waals surface area contributed by atoms with Gasteiger partial charge in [0, 0.05) is 55.4 Å². The Labute approximate surface area is 191 Å². The van der Waals surface area contributed by atoms with Crippen molar-refractivity contribution < 1.29 is 9.53 Å². The Bertz CT molecular complexity index is 1280. The van der Waals surface area contributed by atoms with Gasteiger partial charge < -0.3 is 25.3 Å². The van der Waals surface area contributed by atoms with Gasteiger partial charge in [0.2, 0.25) is 0 Å². The van der Waals surface area contributed by atoms with Crippen LogP contribution in [-0.2, 0) is 4.74 Å². The molecule has 0 radical (unpaired) electrons.